The van der Waals surface area contributed by atoms with Crippen LogP contribution in [0.2, 0.25) is 0 Å². The van der Waals surface area contributed by atoms with Crippen molar-refractivity contribution in [1.29, 1.82) is 0 Å². The van der Waals surface area contributed by atoms with Crippen LogP contribution in [0.1, 0.15) is 104 Å². The smallest absolute Gasteiger partial charge is 0.322 e. The van der Waals surface area contributed by atoms with Crippen molar-refractivity contribution in [2.75, 3.05) is 13.2 Å². The lowest BCUT2D eigenvalue weighted by atomic mass is 10.0. The van der Waals surface area contributed by atoms with Crippen LogP contribution in [0.25, 0.3) is 0 Å². The van der Waals surface area contributed by atoms with Gasteiger partial charge in [-0.15, -0.1) is 0 Å². The fourth-order valence-electron chi connectivity index (χ4n) is 2.94. The van der Waals surface area contributed by atoms with Crippen LogP contribution in [-0.4, -0.2) is 37.2 Å². The van der Waals surface area contributed by atoms with E-state index in [1.54, 1.807) is 0 Å². The summed E-state index contributed by atoms with van der Waals surface area (Å²) in [7, 11) is 0. The summed E-state index contributed by atoms with van der Waals surface area (Å²) in [6.45, 7) is 5.24. The number of rotatable bonds is 19. The molecule has 2 atom stereocenters. The first-order valence-corrected chi connectivity index (χ1v) is 11.4. The Kier molecular flexibility index (Phi) is 18.4. The van der Waals surface area contributed by atoms with Crippen molar-refractivity contribution < 1.29 is 19.1 Å². The molecule has 6 heteroatoms. The Morgan fingerprint density at radius 1 is 0.607 bits per heavy atom. The van der Waals surface area contributed by atoms with E-state index in [1.165, 1.54) is 25.7 Å². The summed E-state index contributed by atoms with van der Waals surface area (Å²) in [5.74, 6) is -0.583. The van der Waals surface area contributed by atoms with Gasteiger partial charge in [-0.05, 0) is 25.7 Å². The molecule has 0 aromatic heterocycles. The Morgan fingerprint density at radius 3 is 1.32 bits per heavy atom. The van der Waals surface area contributed by atoms with E-state index in [1.807, 2.05) is 0 Å². The van der Waals surface area contributed by atoms with E-state index in [-0.39, 0.29) is 11.9 Å². The van der Waals surface area contributed by atoms with E-state index in [0.717, 1.165) is 51.4 Å². The standard InChI is InChI=1S/C22H44N2O4/c1-3-5-7-13-17-27-21(25)19(23)15-11-9-10-12-16-20(24)22(26)28-18-14-8-6-4-2/h19-20H,3-18,23-24H2,1-2H3. The zero-order chi connectivity index (χ0) is 21.0. The quantitative estimate of drug-likeness (QED) is 0.248. The second-order valence-electron chi connectivity index (χ2n) is 7.66. The van der Waals surface area contributed by atoms with Crippen LogP contribution in [0.5, 0.6) is 0 Å². The van der Waals surface area contributed by atoms with Crippen molar-refractivity contribution in [2.24, 2.45) is 11.5 Å². The highest BCUT2D eigenvalue weighted by atomic mass is 16.5. The SMILES string of the molecule is CCCCCCOC(=O)C(N)CCCCCCC(N)C(=O)OCCCCCC. The Balaban J connectivity index is 3.57. The largest absolute Gasteiger partial charge is 0.465 e. The number of carbonyl (C=O) groups excluding carboxylic acids is 2. The molecular formula is C22H44N2O4. The van der Waals surface area contributed by atoms with E-state index >= 15 is 0 Å². The van der Waals surface area contributed by atoms with Crippen molar-refractivity contribution in [3.05, 3.63) is 0 Å². The summed E-state index contributed by atoms with van der Waals surface area (Å²) in [4.78, 5) is 23.6. The average Bonchev–Trinajstić information content (AvgIpc) is 2.69. The molecule has 0 aliphatic heterocycles. The molecule has 0 aliphatic carbocycles. The van der Waals surface area contributed by atoms with Gasteiger partial charge in [-0.25, -0.2) is 0 Å². The molecule has 6 nitrogen and oxygen atoms in total. The fourth-order valence-corrected chi connectivity index (χ4v) is 2.94. The summed E-state index contributed by atoms with van der Waals surface area (Å²) in [5, 5.41) is 0. The topological polar surface area (TPSA) is 105 Å². The average molecular weight is 401 g/mol. The van der Waals surface area contributed by atoms with E-state index in [2.05, 4.69) is 13.8 Å². The minimum absolute atomic E-state index is 0.291. The van der Waals surface area contributed by atoms with Gasteiger partial charge in [-0.2, -0.15) is 0 Å². The van der Waals surface area contributed by atoms with Crippen LogP contribution >= 0.6 is 0 Å². The Hall–Kier alpha value is -1.14. The Morgan fingerprint density at radius 2 is 0.964 bits per heavy atom. The molecular weight excluding hydrogens is 356 g/mol. The van der Waals surface area contributed by atoms with Crippen molar-refractivity contribution >= 4 is 11.9 Å². The maximum Gasteiger partial charge on any atom is 0.322 e. The number of hydrogen-bond donors (Lipinski definition) is 2. The van der Waals surface area contributed by atoms with Gasteiger partial charge in [0.15, 0.2) is 0 Å². The van der Waals surface area contributed by atoms with Crippen LogP contribution in [0.15, 0.2) is 0 Å². The summed E-state index contributed by atoms with van der Waals surface area (Å²) in [6.07, 6.45) is 13.6. The number of ether oxygens (including phenoxy) is 2. The Labute approximate surface area is 172 Å². The number of unbranched alkanes of at least 4 members (excludes halogenated alkanes) is 9. The molecule has 0 aromatic carbocycles. The van der Waals surface area contributed by atoms with Gasteiger partial charge in [0.2, 0.25) is 0 Å². The lowest BCUT2D eigenvalue weighted by Gasteiger charge is -2.12. The van der Waals surface area contributed by atoms with E-state index in [0.29, 0.717) is 26.1 Å². The highest BCUT2D eigenvalue weighted by molar-refractivity contribution is 5.75. The third-order valence-corrected chi connectivity index (χ3v) is 4.87. The second kappa shape index (κ2) is 19.2. The molecule has 0 fully saturated rings. The molecule has 0 radical (unpaired) electrons. The van der Waals surface area contributed by atoms with E-state index < -0.39 is 12.1 Å². The maximum atomic E-state index is 11.8. The zero-order valence-corrected chi connectivity index (χ0v) is 18.3. The number of nitrogens with two attached hydrogens (primary N) is 2. The lowest BCUT2D eigenvalue weighted by Crippen LogP contribution is -2.32. The summed E-state index contributed by atoms with van der Waals surface area (Å²) in [6, 6.07) is -1.06. The predicted octanol–water partition coefficient (Wildman–Crippen LogP) is 4.23. The van der Waals surface area contributed by atoms with Gasteiger partial charge in [0.25, 0.3) is 0 Å². The summed E-state index contributed by atoms with van der Waals surface area (Å²) < 4.78 is 10.4. The van der Waals surface area contributed by atoms with Gasteiger partial charge in [0.05, 0.1) is 13.2 Å². The van der Waals surface area contributed by atoms with Crippen molar-refractivity contribution in [3.8, 4) is 0 Å². The number of hydrogen-bond acceptors (Lipinski definition) is 6. The van der Waals surface area contributed by atoms with Crippen LogP contribution in [0.4, 0.5) is 0 Å². The molecule has 0 aromatic rings. The van der Waals surface area contributed by atoms with Gasteiger partial charge in [0.1, 0.15) is 12.1 Å². The van der Waals surface area contributed by atoms with Crippen molar-refractivity contribution in [2.45, 2.75) is 116 Å². The zero-order valence-electron chi connectivity index (χ0n) is 18.3. The molecule has 28 heavy (non-hydrogen) atoms. The fraction of sp³-hybridized carbons (Fsp3) is 0.909. The van der Waals surface area contributed by atoms with Gasteiger partial charge in [-0.3, -0.25) is 9.59 Å². The maximum absolute atomic E-state index is 11.8. The third kappa shape index (κ3) is 15.9. The summed E-state index contributed by atoms with van der Waals surface area (Å²) in [5.41, 5.74) is 11.8. The molecule has 2 unspecified atom stereocenters. The number of esters is 2. The molecule has 0 rings (SSSR count). The molecule has 166 valence electrons. The second-order valence-corrected chi connectivity index (χ2v) is 7.66. The van der Waals surface area contributed by atoms with Crippen LogP contribution < -0.4 is 11.5 Å². The van der Waals surface area contributed by atoms with Crippen molar-refractivity contribution in [3.63, 3.8) is 0 Å². The first-order chi connectivity index (χ1) is 13.5. The normalized spacial score (nSPS) is 13.1. The van der Waals surface area contributed by atoms with Crippen LogP contribution in [0.3, 0.4) is 0 Å². The first-order valence-electron chi connectivity index (χ1n) is 11.4. The molecule has 0 bridgehead atoms. The monoisotopic (exact) mass is 400 g/mol. The summed E-state index contributed by atoms with van der Waals surface area (Å²) >= 11 is 0. The van der Waals surface area contributed by atoms with Crippen LogP contribution in [0, 0.1) is 0 Å². The molecule has 0 aliphatic rings. The van der Waals surface area contributed by atoms with E-state index in [9.17, 15) is 9.59 Å². The van der Waals surface area contributed by atoms with Gasteiger partial charge in [-0.1, -0.05) is 78.1 Å². The highest BCUT2D eigenvalue weighted by Crippen LogP contribution is 2.10. The first kappa shape index (κ1) is 26.9. The van der Waals surface area contributed by atoms with Gasteiger partial charge >= 0.3 is 11.9 Å². The number of carbonyl (C=O) groups is 2. The predicted molar refractivity (Wildman–Crippen MR) is 114 cm³/mol. The van der Waals surface area contributed by atoms with Gasteiger partial charge in [0, 0.05) is 0 Å². The molecule has 0 heterocycles. The van der Waals surface area contributed by atoms with Crippen molar-refractivity contribution in [1.82, 2.24) is 0 Å². The lowest BCUT2D eigenvalue weighted by molar-refractivity contribution is -0.146. The minimum Gasteiger partial charge on any atom is -0.465 e. The minimum atomic E-state index is -0.531. The molecule has 0 saturated heterocycles. The van der Waals surface area contributed by atoms with Gasteiger partial charge < -0.3 is 20.9 Å². The molecule has 0 amide bonds. The Bertz CT molecular complexity index is 355. The highest BCUT2D eigenvalue weighted by Gasteiger charge is 2.15. The van der Waals surface area contributed by atoms with E-state index in [4.69, 9.17) is 20.9 Å². The molecule has 0 spiro atoms. The molecule has 0 saturated carbocycles. The third-order valence-electron chi connectivity index (χ3n) is 4.87. The van der Waals surface area contributed by atoms with Crippen LogP contribution in [-0.2, 0) is 19.1 Å². The molecule has 4 N–H and O–H groups in total.